The Bertz CT molecular complexity index is 998. The normalized spacial score (nSPS) is 15.1. The van der Waals surface area contributed by atoms with Crippen LogP contribution in [-0.2, 0) is 22.5 Å². The second-order valence-corrected chi connectivity index (χ2v) is 6.85. The Kier molecular flexibility index (Phi) is 5.01. The first-order valence-electron chi connectivity index (χ1n) is 9.47. The molecule has 0 spiro atoms. The first kappa shape index (κ1) is 17.5. The van der Waals surface area contributed by atoms with Crippen LogP contribution in [0.2, 0.25) is 0 Å². The molecular weight excluding hydrogens is 340 g/mol. The molecule has 138 valence electrons. The van der Waals surface area contributed by atoms with Crippen molar-refractivity contribution in [2.45, 2.75) is 45.4 Å². The summed E-state index contributed by atoms with van der Waals surface area (Å²) < 4.78 is 5.58. The van der Waals surface area contributed by atoms with E-state index in [-0.39, 0.29) is 5.97 Å². The quantitative estimate of drug-likeness (QED) is 0.483. The van der Waals surface area contributed by atoms with Crippen molar-refractivity contribution in [3.8, 4) is 0 Å². The molecule has 1 aromatic heterocycles. The topological polar surface area (TPSA) is 64.7 Å². The highest BCUT2D eigenvalue weighted by atomic mass is 16.7. The maximum Gasteiger partial charge on any atom is 0.335 e. The van der Waals surface area contributed by atoms with Gasteiger partial charge >= 0.3 is 5.97 Å². The summed E-state index contributed by atoms with van der Waals surface area (Å²) in [4.78, 5) is 16.8. The van der Waals surface area contributed by atoms with Gasteiger partial charge in [-0.15, -0.1) is 0 Å². The van der Waals surface area contributed by atoms with Crippen LogP contribution in [0.15, 0.2) is 52.1 Å². The molecule has 1 aliphatic carbocycles. The average Bonchev–Trinajstić information content (AvgIpc) is 3.10. The summed E-state index contributed by atoms with van der Waals surface area (Å²) in [6.07, 6.45) is 4.28. The summed E-state index contributed by atoms with van der Waals surface area (Å²) in [5.41, 5.74) is 3.72. The average molecular weight is 362 g/mol. The molecule has 0 unspecified atom stereocenters. The molecule has 5 nitrogen and oxygen atoms in total. The van der Waals surface area contributed by atoms with Gasteiger partial charge in [-0.1, -0.05) is 59.7 Å². The van der Waals surface area contributed by atoms with Gasteiger partial charge in [0.15, 0.2) is 0 Å². The van der Waals surface area contributed by atoms with Crippen LogP contribution in [0, 0.1) is 0 Å². The number of aromatic nitrogens is 1. The Morgan fingerprint density at radius 2 is 2.04 bits per heavy atom. The Hall–Kier alpha value is -2.95. The minimum Gasteiger partial charge on any atom is -0.360 e. The number of oxime groups is 1. The van der Waals surface area contributed by atoms with Crippen LogP contribution in [0.25, 0.3) is 10.8 Å². The van der Waals surface area contributed by atoms with Crippen LogP contribution in [0.4, 0.5) is 0 Å². The highest BCUT2D eigenvalue weighted by Crippen LogP contribution is 2.28. The van der Waals surface area contributed by atoms with Gasteiger partial charge in [-0.05, 0) is 35.6 Å². The van der Waals surface area contributed by atoms with E-state index >= 15 is 0 Å². The summed E-state index contributed by atoms with van der Waals surface area (Å²) in [5.74, 6) is 0.533. The van der Waals surface area contributed by atoms with Crippen molar-refractivity contribution in [3.63, 3.8) is 0 Å². The number of nitrogens with zero attached hydrogens (tertiary/aromatic N) is 2. The molecule has 5 heteroatoms. The molecule has 27 heavy (non-hydrogen) atoms. The van der Waals surface area contributed by atoms with E-state index in [9.17, 15) is 4.79 Å². The van der Waals surface area contributed by atoms with Gasteiger partial charge in [0.1, 0.15) is 5.76 Å². The minimum atomic E-state index is -0.302. The van der Waals surface area contributed by atoms with Gasteiger partial charge in [0.05, 0.1) is 17.0 Å². The third kappa shape index (κ3) is 3.63. The summed E-state index contributed by atoms with van der Waals surface area (Å²) in [6, 6.07) is 14.6. The first-order chi connectivity index (χ1) is 13.3. The van der Waals surface area contributed by atoms with Crippen molar-refractivity contribution in [3.05, 3.63) is 65.0 Å². The largest absolute Gasteiger partial charge is 0.360 e. The van der Waals surface area contributed by atoms with Gasteiger partial charge in [0, 0.05) is 19.3 Å². The lowest BCUT2D eigenvalue weighted by molar-refractivity contribution is -0.143. The highest BCUT2D eigenvalue weighted by molar-refractivity contribution is 6.03. The molecule has 3 aromatic rings. The molecule has 0 atom stereocenters. The van der Waals surface area contributed by atoms with Crippen molar-refractivity contribution in [2.75, 3.05) is 0 Å². The van der Waals surface area contributed by atoms with Crippen molar-refractivity contribution >= 4 is 22.5 Å². The van der Waals surface area contributed by atoms with Crippen LogP contribution < -0.4 is 0 Å². The Morgan fingerprint density at radius 1 is 1.19 bits per heavy atom. The van der Waals surface area contributed by atoms with Gasteiger partial charge in [-0.25, -0.2) is 4.79 Å². The molecule has 0 N–H and O–H groups in total. The zero-order valence-electron chi connectivity index (χ0n) is 15.4. The zero-order chi connectivity index (χ0) is 18.6. The fourth-order valence-electron chi connectivity index (χ4n) is 3.60. The van der Waals surface area contributed by atoms with Gasteiger partial charge < -0.3 is 9.36 Å². The second-order valence-electron chi connectivity index (χ2n) is 6.85. The number of aryl methyl sites for hydroxylation is 1. The van der Waals surface area contributed by atoms with E-state index < -0.39 is 0 Å². The van der Waals surface area contributed by atoms with E-state index in [1.807, 2.05) is 19.1 Å². The second kappa shape index (κ2) is 7.74. The van der Waals surface area contributed by atoms with Crippen LogP contribution in [-0.4, -0.2) is 16.8 Å². The predicted octanol–water partition coefficient (Wildman–Crippen LogP) is 4.80. The van der Waals surface area contributed by atoms with E-state index in [0.29, 0.717) is 12.8 Å². The van der Waals surface area contributed by atoms with Crippen molar-refractivity contribution in [1.29, 1.82) is 0 Å². The molecule has 1 aliphatic rings. The number of carbonyl (C=O) groups is 1. The van der Waals surface area contributed by atoms with Crippen molar-refractivity contribution < 1.29 is 14.2 Å². The Labute approximate surface area is 158 Å². The molecule has 0 saturated carbocycles. The fraction of sp³-hybridized carbons (Fsp3) is 0.318. The summed E-state index contributed by atoms with van der Waals surface area (Å²) >= 11 is 0. The number of hydrogen-bond donors (Lipinski definition) is 0. The van der Waals surface area contributed by atoms with Gasteiger partial charge in [0.2, 0.25) is 0 Å². The van der Waals surface area contributed by atoms with Crippen molar-refractivity contribution in [2.24, 2.45) is 5.16 Å². The summed E-state index contributed by atoms with van der Waals surface area (Å²) in [6.45, 7) is 1.94. The molecule has 0 bridgehead atoms. The zero-order valence-corrected chi connectivity index (χ0v) is 15.4. The molecule has 0 fully saturated rings. The van der Waals surface area contributed by atoms with E-state index in [1.165, 1.54) is 16.3 Å². The van der Waals surface area contributed by atoms with E-state index in [0.717, 1.165) is 48.4 Å². The molecule has 0 amide bonds. The molecule has 1 heterocycles. The Morgan fingerprint density at radius 3 is 2.93 bits per heavy atom. The lowest BCUT2D eigenvalue weighted by atomic mass is 9.91. The SMILES string of the molecule is CCCC(=O)ON=C1CCCc2onc(Cc3cccc4ccccc34)c21. The fourth-order valence-corrected chi connectivity index (χ4v) is 3.60. The van der Waals surface area contributed by atoms with Gasteiger partial charge in [-0.2, -0.15) is 0 Å². The molecule has 0 radical (unpaired) electrons. The summed E-state index contributed by atoms with van der Waals surface area (Å²) in [5, 5.41) is 10.9. The maximum atomic E-state index is 11.7. The van der Waals surface area contributed by atoms with Crippen LogP contribution >= 0.6 is 0 Å². The van der Waals surface area contributed by atoms with Gasteiger partial charge in [0.25, 0.3) is 0 Å². The van der Waals surface area contributed by atoms with Crippen LogP contribution in [0.1, 0.15) is 55.2 Å². The smallest absolute Gasteiger partial charge is 0.335 e. The molecule has 4 rings (SSSR count). The van der Waals surface area contributed by atoms with Gasteiger partial charge in [-0.3, -0.25) is 0 Å². The molecule has 2 aromatic carbocycles. The number of fused-ring (bicyclic) bond motifs is 2. The minimum absolute atomic E-state index is 0.302. The molecular formula is C22H22N2O3. The number of hydrogen-bond acceptors (Lipinski definition) is 5. The van der Waals surface area contributed by atoms with Crippen LogP contribution in [0.5, 0.6) is 0 Å². The lowest BCUT2D eigenvalue weighted by Gasteiger charge is -2.13. The van der Waals surface area contributed by atoms with E-state index in [1.54, 1.807) is 0 Å². The first-order valence-corrected chi connectivity index (χ1v) is 9.47. The predicted molar refractivity (Wildman–Crippen MR) is 104 cm³/mol. The highest BCUT2D eigenvalue weighted by Gasteiger charge is 2.26. The Balaban J connectivity index is 1.66. The standard InChI is InChI=1S/C22H22N2O3/c1-2-7-21(25)27-23-18-12-6-13-20-22(18)19(24-26-20)14-16-10-5-9-15-8-3-4-11-17(15)16/h3-5,8-11H,2,6-7,12-14H2,1H3. The monoisotopic (exact) mass is 362 g/mol. The maximum absolute atomic E-state index is 11.7. The number of carbonyl (C=O) groups excluding carboxylic acids is 1. The lowest BCUT2D eigenvalue weighted by Crippen LogP contribution is -2.14. The third-order valence-corrected chi connectivity index (χ3v) is 4.89. The third-order valence-electron chi connectivity index (χ3n) is 4.89. The van der Waals surface area contributed by atoms with Crippen molar-refractivity contribution in [1.82, 2.24) is 5.16 Å². The summed E-state index contributed by atoms with van der Waals surface area (Å²) in [7, 11) is 0. The molecule has 0 saturated heterocycles. The number of rotatable bonds is 5. The molecule has 0 aliphatic heterocycles. The van der Waals surface area contributed by atoms with E-state index in [4.69, 9.17) is 9.36 Å². The number of benzene rings is 2. The van der Waals surface area contributed by atoms with Crippen LogP contribution in [0.3, 0.4) is 0 Å². The van der Waals surface area contributed by atoms with E-state index in [2.05, 4.69) is 40.6 Å².